The number of benzene rings is 1. The molecule has 0 aliphatic carbocycles. The molecule has 21 heavy (non-hydrogen) atoms. The second-order valence-electron chi connectivity index (χ2n) is 5.10. The van der Waals surface area contributed by atoms with E-state index in [4.69, 9.17) is 16.0 Å². The third-order valence-electron chi connectivity index (χ3n) is 3.55. The lowest BCUT2D eigenvalue weighted by Gasteiger charge is -2.19. The molecular weight excluding hydrogens is 289 g/mol. The molecule has 0 bridgehead atoms. The van der Waals surface area contributed by atoms with Gasteiger partial charge in [0.25, 0.3) is 0 Å². The molecule has 2 nitrogen and oxygen atoms in total. The maximum absolute atomic E-state index is 14.0. The molecule has 1 unspecified atom stereocenters. The van der Waals surface area contributed by atoms with Gasteiger partial charge < -0.3 is 9.73 Å². The van der Waals surface area contributed by atoms with Crippen LogP contribution in [0.1, 0.15) is 43.2 Å². The van der Waals surface area contributed by atoms with Crippen molar-refractivity contribution >= 4 is 11.6 Å². The Hall–Kier alpha value is -1.32. The fourth-order valence-corrected chi connectivity index (χ4v) is 2.67. The Morgan fingerprint density at radius 3 is 2.81 bits per heavy atom. The molecule has 1 heterocycles. The van der Waals surface area contributed by atoms with Crippen molar-refractivity contribution in [3.05, 3.63) is 58.3 Å². The zero-order chi connectivity index (χ0) is 15.2. The van der Waals surface area contributed by atoms with Gasteiger partial charge >= 0.3 is 0 Å². The Balaban J connectivity index is 2.26. The van der Waals surface area contributed by atoms with E-state index < -0.39 is 0 Å². The quantitative estimate of drug-likeness (QED) is 0.785. The lowest BCUT2D eigenvalue weighted by Crippen LogP contribution is -2.25. The summed E-state index contributed by atoms with van der Waals surface area (Å²) < 4.78 is 19.5. The van der Waals surface area contributed by atoms with E-state index in [1.54, 1.807) is 18.4 Å². The first-order valence-electron chi connectivity index (χ1n) is 7.39. The molecule has 4 heteroatoms. The molecule has 114 valence electrons. The highest BCUT2D eigenvalue weighted by Gasteiger charge is 2.18. The number of hydrogen-bond donors (Lipinski definition) is 1. The Kier molecular flexibility index (Phi) is 5.83. The van der Waals surface area contributed by atoms with E-state index >= 15 is 0 Å². The molecule has 0 saturated heterocycles. The first-order chi connectivity index (χ1) is 10.2. The molecule has 1 N–H and O–H groups in total. The molecule has 2 rings (SSSR count). The molecule has 1 aromatic heterocycles. The lowest BCUT2D eigenvalue weighted by atomic mass is 9.98. The number of aryl methyl sites for hydroxylation is 1. The monoisotopic (exact) mass is 309 g/mol. The highest BCUT2D eigenvalue weighted by molar-refractivity contribution is 6.30. The van der Waals surface area contributed by atoms with Crippen molar-refractivity contribution in [3.8, 4) is 0 Å². The molecule has 0 aliphatic rings. The maximum atomic E-state index is 14.0. The molecular formula is C17H21ClFNO. The Morgan fingerprint density at radius 2 is 2.10 bits per heavy atom. The molecule has 0 radical (unpaired) electrons. The minimum Gasteiger partial charge on any atom is -0.469 e. The third kappa shape index (κ3) is 4.08. The Morgan fingerprint density at radius 1 is 1.29 bits per heavy atom. The summed E-state index contributed by atoms with van der Waals surface area (Å²) in [6.45, 7) is 5.04. The summed E-state index contributed by atoms with van der Waals surface area (Å²) in [5.41, 5.74) is 1.73. The van der Waals surface area contributed by atoms with Crippen molar-refractivity contribution in [1.29, 1.82) is 0 Å². The van der Waals surface area contributed by atoms with Gasteiger partial charge in [-0.25, -0.2) is 4.39 Å². The highest BCUT2D eigenvalue weighted by atomic mass is 35.5. The Labute approximate surface area is 130 Å². The third-order valence-corrected chi connectivity index (χ3v) is 3.78. The first kappa shape index (κ1) is 16.1. The van der Waals surface area contributed by atoms with Gasteiger partial charge in [-0.1, -0.05) is 25.4 Å². The molecule has 1 aromatic carbocycles. The van der Waals surface area contributed by atoms with Crippen molar-refractivity contribution in [3.63, 3.8) is 0 Å². The predicted molar refractivity (Wildman–Crippen MR) is 84.2 cm³/mol. The van der Waals surface area contributed by atoms with E-state index in [0.717, 1.165) is 30.7 Å². The van der Waals surface area contributed by atoms with Crippen LogP contribution < -0.4 is 5.32 Å². The zero-order valence-electron chi connectivity index (χ0n) is 12.5. The first-order valence-corrected chi connectivity index (χ1v) is 7.77. The summed E-state index contributed by atoms with van der Waals surface area (Å²) in [5, 5.41) is 4.03. The normalized spacial score (nSPS) is 12.6. The fraction of sp³-hybridized carbons (Fsp3) is 0.412. The van der Waals surface area contributed by atoms with E-state index in [1.807, 2.05) is 6.07 Å². The smallest absolute Gasteiger partial charge is 0.126 e. The average molecular weight is 310 g/mol. The molecule has 0 fully saturated rings. The van der Waals surface area contributed by atoms with Crippen molar-refractivity contribution in [2.75, 3.05) is 6.54 Å². The van der Waals surface area contributed by atoms with E-state index in [0.29, 0.717) is 17.0 Å². The second kappa shape index (κ2) is 7.62. The second-order valence-corrected chi connectivity index (χ2v) is 5.54. The minimum atomic E-state index is -0.218. The summed E-state index contributed by atoms with van der Waals surface area (Å²) >= 11 is 5.98. The van der Waals surface area contributed by atoms with Crippen LogP contribution >= 0.6 is 11.6 Å². The Bertz CT molecular complexity index is 582. The van der Waals surface area contributed by atoms with Crippen molar-refractivity contribution < 1.29 is 8.81 Å². The van der Waals surface area contributed by atoms with Gasteiger partial charge in [0.1, 0.15) is 11.6 Å². The highest BCUT2D eigenvalue weighted by Crippen LogP contribution is 2.26. The summed E-state index contributed by atoms with van der Waals surface area (Å²) in [6, 6.07) is 6.69. The SMILES string of the molecule is CCCNC(Cc1cc(Cl)ccc1F)c1ccoc1CC. The molecule has 0 aliphatic heterocycles. The molecule has 0 spiro atoms. The zero-order valence-corrected chi connectivity index (χ0v) is 13.2. The number of halogens is 2. The van der Waals surface area contributed by atoms with Crippen LogP contribution in [0.2, 0.25) is 5.02 Å². The van der Waals surface area contributed by atoms with Gasteiger partial charge in [-0.3, -0.25) is 0 Å². The van der Waals surface area contributed by atoms with Gasteiger partial charge in [0.15, 0.2) is 0 Å². The number of nitrogens with one attached hydrogen (secondary N) is 1. The summed E-state index contributed by atoms with van der Waals surface area (Å²) in [6.07, 6.45) is 4.10. The van der Waals surface area contributed by atoms with Gasteiger partial charge in [0.05, 0.1) is 6.26 Å². The van der Waals surface area contributed by atoms with Gasteiger partial charge in [-0.05, 0) is 49.2 Å². The number of rotatable bonds is 7. The molecule has 2 aromatic rings. The maximum Gasteiger partial charge on any atom is 0.126 e. The lowest BCUT2D eigenvalue weighted by molar-refractivity contribution is 0.476. The van der Waals surface area contributed by atoms with Crippen LogP contribution in [0, 0.1) is 5.82 Å². The predicted octanol–water partition coefficient (Wildman–Crippen LogP) is 4.92. The summed E-state index contributed by atoms with van der Waals surface area (Å²) in [7, 11) is 0. The largest absolute Gasteiger partial charge is 0.469 e. The minimum absolute atomic E-state index is 0.0339. The van der Waals surface area contributed by atoms with Crippen LogP contribution in [0.4, 0.5) is 4.39 Å². The van der Waals surface area contributed by atoms with E-state index in [2.05, 4.69) is 19.2 Å². The van der Waals surface area contributed by atoms with Crippen LogP contribution in [-0.4, -0.2) is 6.54 Å². The van der Waals surface area contributed by atoms with Crippen LogP contribution in [0.5, 0.6) is 0 Å². The average Bonchev–Trinajstić information content (AvgIpc) is 2.95. The number of hydrogen-bond acceptors (Lipinski definition) is 2. The molecule has 0 saturated carbocycles. The number of furan rings is 1. The van der Waals surface area contributed by atoms with Crippen LogP contribution in [-0.2, 0) is 12.8 Å². The standard InChI is InChI=1S/C17H21ClFNO/c1-3-8-20-16(14-7-9-21-17(14)4-2)11-12-10-13(18)5-6-15(12)19/h5-7,9-10,16,20H,3-4,8,11H2,1-2H3. The summed E-state index contributed by atoms with van der Waals surface area (Å²) in [4.78, 5) is 0. The van der Waals surface area contributed by atoms with Gasteiger partial charge in [-0.15, -0.1) is 0 Å². The van der Waals surface area contributed by atoms with Gasteiger partial charge in [0, 0.05) is 23.0 Å². The van der Waals surface area contributed by atoms with Crippen molar-refractivity contribution in [2.24, 2.45) is 0 Å². The fourth-order valence-electron chi connectivity index (χ4n) is 2.48. The van der Waals surface area contributed by atoms with Crippen molar-refractivity contribution in [2.45, 2.75) is 39.2 Å². The van der Waals surface area contributed by atoms with E-state index in [-0.39, 0.29) is 11.9 Å². The van der Waals surface area contributed by atoms with Crippen molar-refractivity contribution in [1.82, 2.24) is 5.32 Å². The van der Waals surface area contributed by atoms with Crippen LogP contribution in [0.15, 0.2) is 34.9 Å². The molecule has 1 atom stereocenters. The van der Waals surface area contributed by atoms with E-state index in [1.165, 1.54) is 6.07 Å². The van der Waals surface area contributed by atoms with Gasteiger partial charge in [-0.2, -0.15) is 0 Å². The van der Waals surface area contributed by atoms with E-state index in [9.17, 15) is 4.39 Å². The molecule has 0 amide bonds. The van der Waals surface area contributed by atoms with Gasteiger partial charge in [0.2, 0.25) is 0 Å². The topological polar surface area (TPSA) is 25.2 Å². The summed E-state index contributed by atoms with van der Waals surface area (Å²) in [5.74, 6) is 0.732. The van der Waals surface area contributed by atoms with Crippen LogP contribution in [0.3, 0.4) is 0 Å². The van der Waals surface area contributed by atoms with Crippen LogP contribution in [0.25, 0.3) is 0 Å².